The Morgan fingerprint density at radius 1 is 1.35 bits per heavy atom. The van der Waals surface area contributed by atoms with E-state index in [0.29, 0.717) is 19.1 Å². The van der Waals surface area contributed by atoms with Crippen molar-refractivity contribution >= 4 is 32.6 Å². The fraction of sp³-hybridized carbons (Fsp3) is 0.588. The van der Waals surface area contributed by atoms with E-state index in [9.17, 15) is 13.2 Å². The quantitative estimate of drug-likeness (QED) is 0.828. The number of amides is 1. The van der Waals surface area contributed by atoms with Gasteiger partial charge < -0.3 is 14.8 Å². The number of anilines is 1. The van der Waals surface area contributed by atoms with E-state index in [1.807, 2.05) is 19.3 Å². The summed E-state index contributed by atoms with van der Waals surface area (Å²) in [5, 5.41) is 0.592. The van der Waals surface area contributed by atoms with Gasteiger partial charge in [0.15, 0.2) is 9.84 Å². The SMILES string of the molecule is CC(=O)N1CC(S(=O)(=O)CC2CC(N(C)c3ncnc4[nH]ccc34)C2)C1. The summed E-state index contributed by atoms with van der Waals surface area (Å²) in [5.41, 5.74) is 0.806. The van der Waals surface area contributed by atoms with E-state index in [1.165, 1.54) is 6.92 Å². The van der Waals surface area contributed by atoms with Crippen LogP contribution < -0.4 is 4.90 Å². The van der Waals surface area contributed by atoms with Crippen LogP contribution in [0.2, 0.25) is 0 Å². The van der Waals surface area contributed by atoms with Gasteiger partial charge in [-0.25, -0.2) is 18.4 Å². The molecule has 1 saturated heterocycles. The maximum Gasteiger partial charge on any atom is 0.219 e. The number of aromatic amines is 1. The molecule has 3 heterocycles. The molecule has 2 fully saturated rings. The molecule has 2 aromatic rings. The molecule has 2 aromatic heterocycles. The van der Waals surface area contributed by atoms with E-state index < -0.39 is 9.84 Å². The second-order valence-electron chi connectivity index (χ2n) is 7.41. The molecule has 4 rings (SSSR count). The molecule has 140 valence electrons. The number of nitrogens with one attached hydrogen (secondary N) is 1. The van der Waals surface area contributed by atoms with Crippen molar-refractivity contribution in [2.45, 2.75) is 31.1 Å². The predicted octanol–water partition coefficient (Wildman–Crippen LogP) is 0.818. The Bertz CT molecular complexity index is 929. The van der Waals surface area contributed by atoms with Crippen LogP contribution in [-0.2, 0) is 14.6 Å². The molecule has 0 spiro atoms. The number of aromatic nitrogens is 3. The fourth-order valence-corrected chi connectivity index (χ4v) is 5.87. The van der Waals surface area contributed by atoms with E-state index in [0.717, 1.165) is 29.7 Å². The molecule has 1 amide bonds. The van der Waals surface area contributed by atoms with Crippen LogP contribution in [-0.4, -0.2) is 71.4 Å². The number of sulfone groups is 1. The third-order valence-electron chi connectivity index (χ3n) is 5.69. The molecule has 0 bridgehead atoms. The Morgan fingerprint density at radius 2 is 2.08 bits per heavy atom. The first kappa shape index (κ1) is 17.3. The van der Waals surface area contributed by atoms with Crippen molar-refractivity contribution in [3.05, 3.63) is 18.6 Å². The topological polar surface area (TPSA) is 99.3 Å². The summed E-state index contributed by atoms with van der Waals surface area (Å²) in [4.78, 5) is 26.6. The number of carbonyl (C=O) groups excluding carboxylic acids is 1. The number of H-pyrrole nitrogens is 1. The molecule has 1 aliphatic heterocycles. The lowest BCUT2D eigenvalue weighted by atomic mass is 9.81. The Balaban J connectivity index is 1.34. The summed E-state index contributed by atoms with van der Waals surface area (Å²) >= 11 is 0. The van der Waals surface area contributed by atoms with Gasteiger partial charge in [0.05, 0.1) is 16.4 Å². The third-order valence-corrected chi connectivity index (χ3v) is 7.94. The number of rotatable bonds is 5. The van der Waals surface area contributed by atoms with Crippen LogP contribution in [0.4, 0.5) is 5.82 Å². The van der Waals surface area contributed by atoms with Crippen molar-refractivity contribution < 1.29 is 13.2 Å². The van der Waals surface area contributed by atoms with E-state index in [2.05, 4.69) is 19.9 Å². The standard InChI is InChI=1S/C17H23N5O3S/c1-11(23)22-7-14(8-22)26(24,25)9-12-5-13(6-12)21(2)17-15-3-4-18-16(15)19-10-20-17/h3-4,10,12-14H,5-9H2,1-2H3,(H,18,19,20). The summed E-state index contributed by atoms with van der Waals surface area (Å²) in [5.74, 6) is 1.22. The summed E-state index contributed by atoms with van der Waals surface area (Å²) in [6, 6.07) is 2.25. The van der Waals surface area contributed by atoms with Gasteiger partial charge in [-0.05, 0) is 24.8 Å². The van der Waals surface area contributed by atoms with Crippen LogP contribution in [0, 0.1) is 5.92 Å². The van der Waals surface area contributed by atoms with Gasteiger partial charge in [0.1, 0.15) is 17.8 Å². The minimum atomic E-state index is -3.13. The number of likely N-dealkylation sites (tertiary alicyclic amines) is 1. The van der Waals surface area contributed by atoms with Crippen molar-refractivity contribution in [3.8, 4) is 0 Å². The van der Waals surface area contributed by atoms with Gasteiger partial charge in [0.25, 0.3) is 0 Å². The number of fused-ring (bicyclic) bond motifs is 1. The molecule has 0 radical (unpaired) electrons. The number of carbonyl (C=O) groups is 1. The van der Waals surface area contributed by atoms with Gasteiger partial charge in [-0.1, -0.05) is 0 Å². The molecule has 0 unspecified atom stereocenters. The molecule has 1 saturated carbocycles. The van der Waals surface area contributed by atoms with Crippen LogP contribution in [0.3, 0.4) is 0 Å². The molecule has 0 aromatic carbocycles. The molecular weight excluding hydrogens is 354 g/mol. The lowest BCUT2D eigenvalue weighted by molar-refractivity contribution is -0.131. The fourth-order valence-electron chi connectivity index (χ4n) is 3.85. The second kappa shape index (κ2) is 6.22. The second-order valence-corrected chi connectivity index (χ2v) is 9.74. The third kappa shape index (κ3) is 2.94. The highest BCUT2D eigenvalue weighted by Gasteiger charge is 2.42. The van der Waals surface area contributed by atoms with Gasteiger partial charge in [-0.2, -0.15) is 0 Å². The van der Waals surface area contributed by atoms with Crippen molar-refractivity contribution in [2.75, 3.05) is 30.8 Å². The normalized spacial score (nSPS) is 23.5. The van der Waals surface area contributed by atoms with Crippen LogP contribution >= 0.6 is 0 Å². The van der Waals surface area contributed by atoms with Gasteiger partial charge in [-0.15, -0.1) is 0 Å². The zero-order chi connectivity index (χ0) is 18.5. The molecular formula is C17H23N5O3S. The Hall–Kier alpha value is -2.16. The van der Waals surface area contributed by atoms with E-state index in [4.69, 9.17) is 0 Å². The lowest BCUT2D eigenvalue weighted by Crippen LogP contribution is -2.57. The molecule has 0 atom stereocenters. The predicted molar refractivity (Wildman–Crippen MR) is 98.6 cm³/mol. The Labute approximate surface area is 152 Å². The van der Waals surface area contributed by atoms with Crippen LogP contribution in [0.5, 0.6) is 0 Å². The zero-order valence-corrected chi connectivity index (χ0v) is 15.7. The Morgan fingerprint density at radius 3 is 2.77 bits per heavy atom. The zero-order valence-electron chi connectivity index (χ0n) is 14.9. The molecule has 1 N–H and O–H groups in total. The highest BCUT2D eigenvalue weighted by atomic mass is 32.2. The first-order valence-corrected chi connectivity index (χ1v) is 10.5. The van der Waals surface area contributed by atoms with Crippen LogP contribution in [0.25, 0.3) is 11.0 Å². The van der Waals surface area contributed by atoms with Gasteiger partial charge in [0, 0.05) is 39.3 Å². The first-order valence-electron chi connectivity index (χ1n) is 8.83. The summed E-state index contributed by atoms with van der Waals surface area (Å²) in [6.45, 7) is 2.17. The monoisotopic (exact) mass is 377 g/mol. The minimum Gasteiger partial charge on any atom is -0.356 e. The van der Waals surface area contributed by atoms with E-state index in [1.54, 1.807) is 11.2 Å². The van der Waals surface area contributed by atoms with E-state index in [-0.39, 0.29) is 22.8 Å². The van der Waals surface area contributed by atoms with Crippen molar-refractivity contribution in [1.82, 2.24) is 19.9 Å². The van der Waals surface area contributed by atoms with Crippen molar-refractivity contribution in [2.24, 2.45) is 5.92 Å². The molecule has 2 aliphatic rings. The Kier molecular flexibility index (Phi) is 4.13. The minimum absolute atomic E-state index is 0.0531. The smallest absolute Gasteiger partial charge is 0.219 e. The maximum absolute atomic E-state index is 12.5. The van der Waals surface area contributed by atoms with Gasteiger partial charge in [0.2, 0.25) is 5.91 Å². The highest BCUT2D eigenvalue weighted by Crippen LogP contribution is 2.36. The average Bonchev–Trinajstić information content (AvgIpc) is 2.96. The van der Waals surface area contributed by atoms with Crippen LogP contribution in [0.15, 0.2) is 18.6 Å². The molecule has 1 aliphatic carbocycles. The number of nitrogens with zero attached hydrogens (tertiary/aromatic N) is 4. The van der Waals surface area contributed by atoms with Crippen LogP contribution in [0.1, 0.15) is 19.8 Å². The number of hydrogen-bond donors (Lipinski definition) is 1. The summed E-state index contributed by atoms with van der Waals surface area (Å²) in [6.07, 6.45) is 5.07. The summed E-state index contributed by atoms with van der Waals surface area (Å²) < 4.78 is 25.0. The van der Waals surface area contributed by atoms with Crippen molar-refractivity contribution in [3.63, 3.8) is 0 Å². The molecule has 9 heteroatoms. The summed E-state index contributed by atoms with van der Waals surface area (Å²) in [7, 11) is -1.13. The van der Waals surface area contributed by atoms with Gasteiger partial charge >= 0.3 is 0 Å². The number of hydrogen-bond acceptors (Lipinski definition) is 6. The highest BCUT2D eigenvalue weighted by molar-refractivity contribution is 7.92. The average molecular weight is 377 g/mol. The van der Waals surface area contributed by atoms with Gasteiger partial charge in [-0.3, -0.25) is 4.79 Å². The first-order chi connectivity index (χ1) is 12.3. The molecule has 26 heavy (non-hydrogen) atoms. The van der Waals surface area contributed by atoms with Crippen molar-refractivity contribution in [1.29, 1.82) is 0 Å². The lowest BCUT2D eigenvalue weighted by Gasteiger charge is -2.43. The maximum atomic E-state index is 12.5. The van der Waals surface area contributed by atoms with E-state index >= 15 is 0 Å². The molecule has 8 nitrogen and oxygen atoms in total. The largest absolute Gasteiger partial charge is 0.356 e.